The van der Waals surface area contributed by atoms with E-state index in [0.717, 1.165) is 21.2 Å². The minimum Gasteiger partial charge on any atom is -0.460 e. The number of benzene rings is 1. The molecule has 0 spiro atoms. The Hall–Kier alpha value is -1.88. The average Bonchev–Trinajstić information content (AvgIpc) is 2.83. The molecule has 1 aromatic heterocycles. The lowest BCUT2D eigenvalue weighted by Gasteiger charge is -2.25. The molecule has 1 aromatic carbocycles. The van der Waals surface area contributed by atoms with Crippen LogP contribution in [0.25, 0.3) is 10.1 Å². The van der Waals surface area contributed by atoms with Crippen LogP contribution in [-0.4, -0.2) is 23.1 Å². The zero-order chi connectivity index (χ0) is 19.7. The summed E-state index contributed by atoms with van der Waals surface area (Å²) in [4.78, 5) is 25.3. The first-order valence-electron chi connectivity index (χ1n) is 8.78. The van der Waals surface area contributed by atoms with Gasteiger partial charge in [0.25, 0.3) is 0 Å². The largest absolute Gasteiger partial charge is 0.460 e. The summed E-state index contributed by atoms with van der Waals surface area (Å²) in [6, 6.07) is 6.13. The maximum atomic E-state index is 12.9. The molecule has 2 aromatic rings. The van der Waals surface area contributed by atoms with E-state index in [4.69, 9.17) is 9.47 Å². The van der Waals surface area contributed by atoms with Gasteiger partial charge in [0.1, 0.15) is 11.2 Å². The summed E-state index contributed by atoms with van der Waals surface area (Å²) in [5, 5.41) is 2.94. The predicted octanol–water partition coefficient (Wildman–Crippen LogP) is 5.37. The van der Waals surface area contributed by atoms with Gasteiger partial charge in [-0.1, -0.05) is 17.7 Å². The Labute approximate surface area is 159 Å². The van der Waals surface area contributed by atoms with E-state index in [0.29, 0.717) is 0 Å². The third-order valence-corrected chi connectivity index (χ3v) is 4.60. The maximum absolute atomic E-state index is 12.9. The highest BCUT2D eigenvalue weighted by Crippen LogP contribution is 2.35. The van der Waals surface area contributed by atoms with Crippen molar-refractivity contribution >= 4 is 33.4 Å². The number of ether oxygens (including phenoxy) is 2. The number of esters is 2. The van der Waals surface area contributed by atoms with Gasteiger partial charge in [-0.3, -0.25) is 9.59 Å². The van der Waals surface area contributed by atoms with Crippen LogP contribution >= 0.6 is 11.3 Å². The molecule has 0 amide bonds. The van der Waals surface area contributed by atoms with E-state index in [2.05, 4.69) is 0 Å². The van der Waals surface area contributed by atoms with Crippen LogP contribution in [0.3, 0.4) is 0 Å². The number of aryl methyl sites for hydroxylation is 1. The molecule has 0 N–H and O–H groups in total. The van der Waals surface area contributed by atoms with Gasteiger partial charge in [-0.05, 0) is 70.9 Å². The zero-order valence-electron chi connectivity index (χ0n) is 16.6. The number of carbonyl (C=O) groups is 2. The smallest absolute Gasteiger partial charge is 0.314 e. The second kappa shape index (κ2) is 7.39. The van der Waals surface area contributed by atoms with Gasteiger partial charge in [0, 0.05) is 4.70 Å². The normalized spacial score (nSPS) is 13.5. The first kappa shape index (κ1) is 20.4. The quantitative estimate of drug-likeness (QED) is 0.674. The van der Waals surface area contributed by atoms with Crippen LogP contribution < -0.4 is 0 Å². The van der Waals surface area contributed by atoms with E-state index in [-0.39, 0.29) is 6.42 Å². The second-order valence-corrected chi connectivity index (χ2v) is 9.48. The molecule has 0 fully saturated rings. The number of carbonyl (C=O) groups excluding carboxylic acids is 2. The van der Waals surface area contributed by atoms with E-state index in [1.807, 2.05) is 72.0 Å². The van der Waals surface area contributed by atoms with E-state index in [1.165, 1.54) is 0 Å². The fourth-order valence-corrected chi connectivity index (χ4v) is 3.67. The van der Waals surface area contributed by atoms with Crippen molar-refractivity contribution in [1.29, 1.82) is 0 Å². The van der Waals surface area contributed by atoms with Crippen LogP contribution in [0, 0.1) is 6.92 Å². The molecule has 1 heterocycles. The molecule has 4 nitrogen and oxygen atoms in total. The standard InChI is InChI=1S/C21H28O4S/c1-13-8-9-17-14(10-13)16(12-26-17)15(19(23)25-21(5,6)7)11-18(22)24-20(2,3)4/h8-10,12,15H,11H2,1-7H3. The Morgan fingerprint density at radius 1 is 1.04 bits per heavy atom. The Morgan fingerprint density at radius 2 is 1.65 bits per heavy atom. The van der Waals surface area contributed by atoms with Crippen LogP contribution in [0.1, 0.15) is 65.0 Å². The van der Waals surface area contributed by atoms with Crippen molar-refractivity contribution in [2.45, 2.75) is 72.0 Å². The van der Waals surface area contributed by atoms with Crippen molar-refractivity contribution in [3.63, 3.8) is 0 Å². The Kier molecular flexibility index (Phi) is 5.81. The highest BCUT2D eigenvalue weighted by molar-refractivity contribution is 7.17. The van der Waals surface area contributed by atoms with Gasteiger partial charge in [-0.15, -0.1) is 11.3 Å². The van der Waals surface area contributed by atoms with Crippen molar-refractivity contribution in [2.24, 2.45) is 0 Å². The van der Waals surface area contributed by atoms with Crippen LogP contribution in [-0.2, 0) is 19.1 Å². The first-order valence-corrected chi connectivity index (χ1v) is 9.66. The topological polar surface area (TPSA) is 52.6 Å². The molecule has 1 atom stereocenters. The molecule has 0 aliphatic rings. The molecule has 0 saturated heterocycles. The Morgan fingerprint density at radius 3 is 2.23 bits per heavy atom. The van der Waals surface area contributed by atoms with E-state index in [1.54, 1.807) is 11.3 Å². The maximum Gasteiger partial charge on any atom is 0.314 e. The van der Waals surface area contributed by atoms with Gasteiger partial charge in [-0.25, -0.2) is 0 Å². The van der Waals surface area contributed by atoms with Gasteiger partial charge in [-0.2, -0.15) is 0 Å². The Balaban J connectivity index is 2.40. The number of fused-ring (bicyclic) bond motifs is 1. The molecule has 0 aliphatic heterocycles. The first-order chi connectivity index (χ1) is 11.9. The van der Waals surface area contributed by atoms with Crippen molar-refractivity contribution in [1.82, 2.24) is 0 Å². The summed E-state index contributed by atoms with van der Waals surface area (Å²) < 4.78 is 12.1. The lowest BCUT2D eigenvalue weighted by molar-refractivity contribution is -0.164. The van der Waals surface area contributed by atoms with Gasteiger partial charge in [0.15, 0.2) is 0 Å². The third-order valence-electron chi connectivity index (χ3n) is 3.62. The summed E-state index contributed by atoms with van der Waals surface area (Å²) in [6.45, 7) is 12.9. The summed E-state index contributed by atoms with van der Waals surface area (Å²) >= 11 is 1.57. The van der Waals surface area contributed by atoms with Crippen LogP contribution in [0.5, 0.6) is 0 Å². The summed E-state index contributed by atoms with van der Waals surface area (Å²) in [5.74, 6) is -1.48. The van der Waals surface area contributed by atoms with Gasteiger partial charge in [0.05, 0.1) is 12.3 Å². The zero-order valence-corrected chi connectivity index (χ0v) is 17.5. The SMILES string of the molecule is Cc1ccc2scc(C(CC(=O)OC(C)(C)C)C(=O)OC(C)(C)C)c2c1. The number of hydrogen-bond acceptors (Lipinski definition) is 5. The average molecular weight is 377 g/mol. The fraction of sp³-hybridized carbons (Fsp3) is 0.524. The van der Waals surface area contributed by atoms with Crippen molar-refractivity contribution in [3.8, 4) is 0 Å². The van der Waals surface area contributed by atoms with Crippen molar-refractivity contribution in [2.75, 3.05) is 0 Å². The monoisotopic (exact) mass is 376 g/mol. The van der Waals surface area contributed by atoms with E-state index >= 15 is 0 Å². The molecule has 0 saturated carbocycles. The van der Waals surface area contributed by atoms with Gasteiger partial charge < -0.3 is 9.47 Å². The molecule has 0 radical (unpaired) electrons. The molecule has 2 rings (SSSR count). The molecule has 0 aliphatic carbocycles. The highest BCUT2D eigenvalue weighted by Gasteiger charge is 2.32. The number of rotatable bonds is 4. The summed E-state index contributed by atoms with van der Waals surface area (Å²) in [5.41, 5.74) is 0.722. The Bertz CT molecular complexity index is 806. The summed E-state index contributed by atoms with van der Waals surface area (Å²) in [7, 11) is 0. The van der Waals surface area contributed by atoms with Gasteiger partial charge in [0.2, 0.25) is 0 Å². The predicted molar refractivity (Wildman–Crippen MR) is 106 cm³/mol. The lowest BCUT2D eigenvalue weighted by atomic mass is 9.94. The van der Waals surface area contributed by atoms with Gasteiger partial charge >= 0.3 is 11.9 Å². The minimum absolute atomic E-state index is 0.0358. The molecule has 142 valence electrons. The number of thiophene rings is 1. The molecular formula is C21H28O4S. The molecular weight excluding hydrogens is 348 g/mol. The number of hydrogen-bond donors (Lipinski definition) is 0. The van der Waals surface area contributed by atoms with Crippen LogP contribution in [0.15, 0.2) is 23.6 Å². The second-order valence-electron chi connectivity index (χ2n) is 8.57. The summed E-state index contributed by atoms with van der Waals surface area (Å²) in [6.07, 6.45) is -0.0358. The molecule has 0 bridgehead atoms. The van der Waals surface area contributed by atoms with E-state index < -0.39 is 29.1 Å². The van der Waals surface area contributed by atoms with Crippen molar-refractivity contribution in [3.05, 3.63) is 34.7 Å². The fourth-order valence-electron chi connectivity index (χ4n) is 2.68. The molecule has 1 unspecified atom stereocenters. The van der Waals surface area contributed by atoms with Crippen LogP contribution in [0.2, 0.25) is 0 Å². The lowest BCUT2D eigenvalue weighted by Crippen LogP contribution is -2.31. The minimum atomic E-state index is -0.681. The molecule has 5 heteroatoms. The van der Waals surface area contributed by atoms with Crippen molar-refractivity contribution < 1.29 is 19.1 Å². The highest BCUT2D eigenvalue weighted by atomic mass is 32.1. The van der Waals surface area contributed by atoms with Crippen LogP contribution in [0.4, 0.5) is 0 Å². The molecule has 26 heavy (non-hydrogen) atoms. The third kappa shape index (κ3) is 5.56. The van der Waals surface area contributed by atoms with E-state index in [9.17, 15) is 9.59 Å².